The van der Waals surface area contributed by atoms with Gasteiger partial charge in [0, 0.05) is 32.2 Å². The largest absolute Gasteiger partial charge is 0.354 e. The maximum absolute atomic E-state index is 12.9. The van der Waals surface area contributed by atoms with Crippen LogP contribution in [0.15, 0.2) is 30.5 Å². The average Bonchev–Trinajstić information content (AvgIpc) is 3.39. The third-order valence-electron chi connectivity index (χ3n) is 5.97. The number of benzene rings is 1. The highest BCUT2D eigenvalue weighted by atomic mass is 35.5. The average molecular weight is 653 g/mol. The van der Waals surface area contributed by atoms with E-state index in [0.717, 1.165) is 11.4 Å². The second-order valence-electron chi connectivity index (χ2n) is 10.2. The Morgan fingerprint density at radius 1 is 1.09 bits per heavy atom. The van der Waals surface area contributed by atoms with Crippen LogP contribution in [-0.2, 0) is 13.6 Å². The molecule has 0 aliphatic carbocycles. The Balaban J connectivity index is 0.00000119. The Kier molecular flexibility index (Phi) is 13.3. The monoisotopic (exact) mass is 652 g/mol. The minimum atomic E-state index is -3.13. The van der Waals surface area contributed by atoms with E-state index in [1.807, 2.05) is 71.9 Å². The molecule has 43 heavy (non-hydrogen) atoms. The second-order valence-corrected chi connectivity index (χ2v) is 13.7. The molecular weight excluding hydrogens is 611 g/mol. The quantitative estimate of drug-likeness (QED) is 0.247. The Labute approximate surface area is 263 Å². The number of anilines is 4. The molecule has 0 bridgehead atoms. The first-order valence-electron chi connectivity index (χ1n) is 14.0. The molecule has 3 aromatic rings. The van der Waals surface area contributed by atoms with Crippen molar-refractivity contribution in [3.05, 3.63) is 51.7 Å². The van der Waals surface area contributed by atoms with Gasteiger partial charge in [-0.3, -0.25) is 14.3 Å². The topological polar surface area (TPSA) is 125 Å². The molecule has 0 saturated carbocycles. The highest BCUT2D eigenvalue weighted by Crippen LogP contribution is 2.48. The van der Waals surface area contributed by atoms with E-state index in [1.165, 1.54) is 17.5 Å². The maximum Gasteiger partial charge on any atom is 0.344 e. The number of piperazine rings is 1. The summed E-state index contributed by atoms with van der Waals surface area (Å²) in [7, 11) is 2.87. The van der Waals surface area contributed by atoms with E-state index in [-0.39, 0.29) is 12.2 Å². The molecule has 3 heterocycles. The first-order chi connectivity index (χ1) is 20.4. The van der Waals surface area contributed by atoms with Crippen molar-refractivity contribution in [2.45, 2.75) is 27.7 Å². The lowest BCUT2D eigenvalue weighted by Crippen LogP contribution is -2.47. The van der Waals surface area contributed by atoms with Gasteiger partial charge in [0.1, 0.15) is 28.6 Å². The predicted octanol–water partition coefficient (Wildman–Crippen LogP) is 5.72. The van der Waals surface area contributed by atoms with Gasteiger partial charge in [0.15, 0.2) is 5.13 Å². The van der Waals surface area contributed by atoms with E-state index in [2.05, 4.69) is 35.4 Å². The fraction of sp³-hybridized carbons (Fsp3) is 0.500. The zero-order chi connectivity index (χ0) is 31.6. The van der Waals surface area contributed by atoms with E-state index >= 15 is 0 Å². The minimum Gasteiger partial charge on any atom is -0.354 e. The Bertz CT molecular complexity index is 1370. The summed E-state index contributed by atoms with van der Waals surface area (Å²) in [5, 5.41) is 7.08. The summed E-state index contributed by atoms with van der Waals surface area (Å²) in [4.78, 5) is 32.9. The van der Waals surface area contributed by atoms with Crippen molar-refractivity contribution < 1.29 is 18.4 Å². The molecule has 0 unspecified atom stereocenters. The molecule has 1 aliphatic rings. The Hall–Kier alpha value is -2.64. The van der Waals surface area contributed by atoms with Crippen LogP contribution < -0.4 is 15.5 Å². The summed E-state index contributed by atoms with van der Waals surface area (Å²) >= 11 is 7.46. The second kappa shape index (κ2) is 16.4. The van der Waals surface area contributed by atoms with Gasteiger partial charge in [-0.1, -0.05) is 35.1 Å². The predicted molar refractivity (Wildman–Crippen MR) is 175 cm³/mol. The van der Waals surface area contributed by atoms with Crippen molar-refractivity contribution in [3.8, 4) is 0 Å². The van der Waals surface area contributed by atoms with Gasteiger partial charge in [0.05, 0.1) is 30.1 Å². The van der Waals surface area contributed by atoms with E-state index in [9.17, 15) is 9.36 Å². The van der Waals surface area contributed by atoms with Crippen LogP contribution in [-0.4, -0.2) is 97.5 Å². The number of hydrogen-bond donors (Lipinski definition) is 2. The molecule has 1 fully saturated rings. The number of nitrogens with one attached hydrogen (secondary N) is 2. The van der Waals surface area contributed by atoms with Gasteiger partial charge in [0.25, 0.3) is 5.91 Å². The lowest BCUT2D eigenvalue weighted by molar-refractivity contribution is 0.103. The van der Waals surface area contributed by atoms with Crippen molar-refractivity contribution in [2.75, 3.05) is 82.4 Å². The summed E-state index contributed by atoms with van der Waals surface area (Å²) < 4.78 is 23.8. The standard InChI is InChI=1S/C25H33ClN7O4PS.C3H9N/c1-5-36-38(35,37-6-2)16-32-10-12-33(13-11-32)22-14-21(28-18(4)29-22)30-25-27-15-20(39-25)24(34)31-23-17(3)8-7-9-19(23)26;1-4(2)3/h7-9,14-15H,5-6,10-13,16H2,1-4H3,(H,31,34)(H,27,28,29,30);1-3H3. The molecule has 15 heteroatoms. The summed E-state index contributed by atoms with van der Waals surface area (Å²) in [6.07, 6.45) is 1.79. The lowest BCUT2D eigenvalue weighted by atomic mass is 10.2. The zero-order valence-corrected chi connectivity index (χ0v) is 28.4. The first-order valence-corrected chi connectivity index (χ1v) is 17.0. The highest BCUT2D eigenvalue weighted by molar-refractivity contribution is 7.53. The van der Waals surface area contributed by atoms with E-state index < -0.39 is 7.60 Å². The number of carbonyl (C=O) groups excluding carboxylic acids is 1. The molecule has 236 valence electrons. The third-order valence-corrected chi connectivity index (χ3v) is 9.25. The summed E-state index contributed by atoms with van der Waals surface area (Å²) in [5.41, 5.74) is 1.46. The summed E-state index contributed by atoms with van der Waals surface area (Å²) in [6.45, 7) is 10.9. The Morgan fingerprint density at radius 3 is 2.35 bits per heavy atom. The van der Waals surface area contributed by atoms with Crippen molar-refractivity contribution in [3.63, 3.8) is 0 Å². The Morgan fingerprint density at radius 2 is 1.74 bits per heavy atom. The van der Waals surface area contributed by atoms with Crippen LogP contribution in [0.5, 0.6) is 0 Å². The number of para-hydroxylation sites is 1. The number of aromatic nitrogens is 3. The van der Waals surface area contributed by atoms with Crippen LogP contribution in [0, 0.1) is 13.8 Å². The number of hydrogen-bond acceptors (Lipinski definition) is 12. The van der Waals surface area contributed by atoms with Crippen LogP contribution >= 0.6 is 30.5 Å². The van der Waals surface area contributed by atoms with Gasteiger partial charge >= 0.3 is 7.60 Å². The molecule has 1 saturated heterocycles. The summed E-state index contributed by atoms with van der Waals surface area (Å²) in [5.74, 6) is 1.69. The highest BCUT2D eigenvalue weighted by Gasteiger charge is 2.29. The number of carbonyl (C=O) groups is 1. The van der Waals surface area contributed by atoms with Gasteiger partial charge in [-0.2, -0.15) is 0 Å². The molecular formula is C28H42ClN8O4PS. The van der Waals surface area contributed by atoms with Crippen LogP contribution in [0.25, 0.3) is 0 Å². The molecule has 0 spiro atoms. The molecule has 2 aromatic heterocycles. The molecule has 1 aliphatic heterocycles. The van der Waals surface area contributed by atoms with Gasteiger partial charge in [-0.05, 0) is 60.5 Å². The van der Waals surface area contributed by atoms with Gasteiger partial charge < -0.3 is 29.5 Å². The van der Waals surface area contributed by atoms with Crippen molar-refractivity contribution in [1.82, 2.24) is 24.8 Å². The van der Waals surface area contributed by atoms with Gasteiger partial charge in [-0.15, -0.1) is 0 Å². The van der Waals surface area contributed by atoms with Crippen molar-refractivity contribution in [1.29, 1.82) is 0 Å². The SMILES string of the molecule is CCOP(=O)(CN1CCN(c2cc(Nc3ncc(C(=O)Nc4c(C)cccc4Cl)s3)nc(C)n2)CC1)OCC.CN(C)C. The van der Waals surface area contributed by atoms with Crippen LogP contribution in [0.1, 0.15) is 34.9 Å². The third kappa shape index (κ3) is 10.8. The number of thiazole rings is 1. The lowest BCUT2D eigenvalue weighted by Gasteiger charge is -2.36. The van der Waals surface area contributed by atoms with E-state index in [1.54, 1.807) is 6.07 Å². The van der Waals surface area contributed by atoms with Gasteiger partial charge in [0.2, 0.25) is 0 Å². The molecule has 0 atom stereocenters. The van der Waals surface area contributed by atoms with Crippen molar-refractivity contribution >= 4 is 58.9 Å². The van der Waals surface area contributed by atoms with E-state index in [4.69, 9.17) is 20.6 Å². The first kappa shape index (κ1) is 34.8. The normalized spacial score (nSPS) is 13.9. The smallest absolute Gasteiger partial charge is 0.344 e. The molecule has 1 aromatic carbocycles. The minimum absolute atomic E-state index is 0.272. The maximum atomic E-state index is 12.9. The number of amides is 1. The van der Waals surface area contributed by atoms with E-state index in [0.29, 0.717) is 71.8 Å². The van der Waals surface area contributed by atoms with Crippen molar-refractivity contribution in [2.24, 2.45) is 0 Å². The van der Waals surface area contributed by atoms with Crippen LogP contribution in [0.3, 0.4) is 0 Å². The van der Waals surface area contributed by atoms with Crippen LogP contribution in [0.4, 0.5) is 22.5 Å². The number of nitrogens with zero attached hydrogens (tertiary/aromatic N) is 6. The summed E-state index contributed by atoms with van der Waals surface area (Å²) in [6, 6.07) is 7.32. The fourth-order valence-corrected chi connectivity index (χ4v) is 6.95. The molecule has 2 N–H and O–H groups in total. The molecule has 4 rings (SSSR count). The zero-order valence-electron chi connectivity index (χ0n) is 25.9. The molecule has 12 nitrogen and oxygen atoms in total. The fourth-order valence-electron chi connectivity index (χ4n) is 4.17. The molecule has 0 radical (unpaired) electrons. The number of aryl methyl sites for hydroxylation is 2. The molecule has 1 amide bonds. The van der Waals surface area contributed by atoms with Gasteiger partial charge in [-0.25, -0.2) is 15.0 Å². The van der Waals surface area contributed by atoms with Crippen LogP contribution in [0.2, 0.25) is 5.02 Å². The number of rotatable bonds is 11. The number of halogens is 1.